The zero-order valence-electron chi connectivity index (χ0n) is 10.9. The lowest BCUT2D eigenvalue weighted by atomic mass is 9.95. The van der Waals surface area contributed by atoms with E-state index in [4.69, 9.17) is 0 Å². The lowest BCUT2D eigenvalue weighted by Crippen LogP contribution is -2.26. The molecular weight excluding hydrogens is 316 g/mol. The zero-order valence-corrected chi connectivity index (χ0v) is 12.5. The Morgan fingerprint density at radius 1 is 1.20 bits per heavy atom. The monoisotopic (exact) mass is 330 g/mol. The highest BCUT2D eigenvalue weighted by molar-refractivity contribution is 9.10. The van der Waals surface area contributed by atoms with Gasteiger partial charge in [-0.3, -0.25) is 4.79 Å². The van der Waals surface area contributed by atoms with Crippen molar-refractivity contribution >= 4 is 27.5 Å². The van der Waals surface area contributed by atoms with Gasteiger partial charge in [0, 0.05) is 22.3 Å². The molecule has 0 saturated carbocycles. The van der Waals surface area contributed by atoms with Crippen LogP contribution in [0, 0.1) is 0 Å². The van der Waals surface area contributed by atoms with Crippen LogP contribution in [0.2, 0.25) is 0 Å². The molecule has 0 aliphatic carbocycles. The summed E-state index contributed by atoms with van der Waals surface area (Å²) in [5.41, 5.74) is 3.97. The third-order valence-electron chi connectivity index (χ3n) is 3.47. The van der Waals surface area contributed by atoms with E-state index < -0.39 is 0 Å². The second kappa shape index (κ2) is 5.77. The van der Waals surface area contributed by atoms with Crippen LogP contribution in [0.5, 0.6) is 0 Å². The molecule has 4 heteroatoms. The number of fused-ring (bicyclic) bond motifs is 1. The van der Waals surface area contributed by atoms with Crippen LogP contribution in [0.4, 0.5) is 5.69 Å². The molecule has 2 aromatic carbocycles. The Morgan fingerprint density at radius 2 is 2.05 bits per heavy atom. The largest absolute Gasteiger partial charge is 0.322 e. The summed E-state index contributed by atoms with van der Waals surface area (Å²) in [6.45, 7) is 1.77. The lowest BCUT2D eigenvalue weighted by molar-refractivity contribution is 0.102. The molecular formula is C16H15BrN2O. The summed E-state index contributed by atoms with van der Waals surface area (Å²) in [5.74, 6) is -0.0400. The van der Waals surface area contributed by atoms with Crippen molar-refractivity contribution in [1.29, 1.82) is 0 Å². The minimum absolute atomic E-state index is 0.0400. The van der Waals surface area contributed by atoms with Gasteiger partial charge in [-0.15, -0.1) is 0 Å². The van der Waals surface area contributed by atoms with E-state index >= 15 is 0 Å². The van der Waals surface area contributed by atoms with Crippen LogP contribution in [0.25, 0.3) is 0 Å². The van der Waals surface area contributed by atoms with Crippen molar-refractivity contribution in [3.05, 3.63) is 63.6 Å². The van der Waals surface area contributed by atoms with Crippen LogP contribution in [0.3, 0.4) is 0 Å². The molecule has 3 rings (SSSR count). The van der Waals surface area contributed by atoms with Crippen molar-refractivity contribution < 1.29 is 4.79 Å². The highest BCUT2D eigenvalue weighted by Crippen LogP contribution is 2.21. The maximum Gasteiger partial charge on any atom is 0.255 e. The van der Waals surface area contributed by atoms with E-state index in [1.54, 1.807) is 0 Å². The average Bonchev–Trinajstić information content (AvgIpc) is 2.46. The molecule has 0 aromatic heterocycles. The van der Waals surface area contributed by atoms with Crippen molar-refractivity contribution in [2.24, 2.45) is 0 Å². The van der Waals surface area contributed by atoms with Crippen molar-refractivity contribution in [2.45, 2.75) is 13.0 Å². The third-order valence-corrected chi connectivity index (χ3v) is 3.96. The first-order valence-electron chi connectivity index (χ1n) is 6.62. The average molecular weight is 331 g/mol. The van der Waals surface area contributed by atoms with Gasteiger partial charge in [-0.05, 0) is 48.4 Å². The summed E-state index contributed by atoms with van der Waals surface area (Å²) < 4.78 is 0.953. The van der Waals surface area contributed by atoms with Gasteiger partial charge in [0.25, 0.3) is 5.91 Å². The Labute approximate surface area is 126 Å². The number of anilines is 1. The van der Waals surface area contributed by atoms with E-state index in [0.29, 0.717) is 0 Å². The Kier molecular flexibility index (Phi) is 3.85. The first kappa shape index (κ1) is 13.3. The number of halogens is 1. The maximum absolute atomic E-state index is 12.5. The van der Waals surface area contributed by atoms with Gasteiger partial charge < -0.3 is 10.6 Å². The number of benzene rings is 2. The molecule has 0 spiro atoms. The normalized spacial score (nSPS) is 13.7. The molecule has 3 nitrogen and oxygen atoms in total. The van der Waals surface area contributed by atoms with E-state index in [1.165, 1.54) is 11.1 Å². The number of carbonyl (C=O) groups excluding carboxylic acids is 1. The van der Waals surface area contributed by atoms with Gasteiger partial charge in [0.05, 0.1) is 0 Å². The molecule has 1 heterocycles. The number of hydrogen-bond acceptors (Lipinski definition) is 2. The fourth-order valence-corrected chi connectivity index (χ4v) is 2.91. The molecule has 0 saturated heterocycles. The number of rotatable bonds is 2. The Bertz CT molecular complexity index is 655. The highest BCUT2D eigenvalue weighted by atomic mass is 79.9. The molecule has 0 bridgehead atoms. The van der Waals surface area contributed by atoms with Crippen molar-refractivity contribution in [3.8, 4) is 0 Å². The molecule has 1 aliphatic heterocycles. The predicted octanol–water partition coefficient (Wildman–Crippen LogP) is 3.35. The van der Waals surface area contributed by atoms with E-state index in [9.17, 15) is 4.79 Å². The van der Waals surface area contributed by atoms with E-state index in [-0.39, 0.29) is 5.91 Å². The van der Waals surface area contributed by atoms with E-state index in [1.807, 2.05) is 36.4 Å². The highest BCUT2D eigenvalue weighted by Gasteiger charge is 2.17. The summed E-state index contributed by atoms with van der Waals surface area (Å²) in [7, 11) is 0. The topological polar surface area (TPSA) is 41.1 Å². The van der Waals surface area contributed by atoms with Crippen molar-refractivity contribution in [3.63, 3.8) is 0 Å². The minimum Gasteiger partial charge on any atom is -0.322 e. The summed E-state index contributed by atoms with van der Waals surface area (Å²) >= 11 is 3.41. The van der Waals surface area contributed by atoms with Gasteiger partial charge in [0.15, 0.2) is 0 Å². The van der Waals surface area contributed by atoms with Crippen molar-refractivity contribution in [2.75, 3.05) is 11.9 Å². The fourth-order valence-electron chi connectivity index (χ4n) is 2.51. The summed E-state index contributed by atoms with van der Waals surface area (Å²) in [6.07, 6.45) is 0.900. The third kappa shape index (κ3) is 2.76. The molecule has 20 heavy (non-hydrogen) atoms. The molecule has 0 radical (unpaired) electrons. The quantitative estimate of drug-likeness (QED) is 0.886. The zero-order chi connectivity index (χ0) is 13.9. The molecule has 0 unspecified atom stereocenters. The van der Waals surface area contributed by atoms with Crippen molar-refractivity contribution in [1.82, 2.24) is 5.32 Å². The van der Waals surface area contributed by atoms with E-state index in [0.717, 1.165) is 35.2 Å². The SMILES string of the molecule is O=C(Nc1cccc(Br)c1)c1cccc2c1CCNC2. The maximum atomic E-state index is 12.5. The van der Waals surface area contributed by atoms with Crippen LogP contribution >= 0.6 is 15.9 Å². The molecule has 2 N–H and O–H groups in total. The number of nitrogens with one attached hydrogen (secondary N) is 2. The lowest BCUT2D eigenvalue weighted by Gasteiger charge is -2.20. The van der Waals surface area contributed by atoms with Gasteiger partial charge in [0.1, 0.15) is 0 Å². The Balaban J connectivity index is 1.88. The molecule has 102 valence electrons. The van der Waals surface area contributed by atoms with Crippen LogP contribution in [-0.2, 0) is 13.0 Å². The van der Waals surface area contributed by atoms with Crippen LogP contribution in [0.1, 0.15) is 21.5 Å². The molecule has 2 aromatic rings. The molecule has 1 amide bonds. The van der Waals surface area contributed by atoms with Crippen LogP contribution in [-0.4, -0.2) is 12.5 Å². The first-order valence-corrected chi connectivity index (χ1v) is 7.42. The second-order valence-corrected chi connectivity index (χ2v) is 5.75. The van der Waals surface area contributed by atoms with Gasteiger partial charge in [0.2, 0.25) is 0 Å². The number of hydrogen-bond donors (Lipinski definition) is 2. The number of carbonyl (C=O) groups is 1. The number of amides is 1. The smallest absolute Gasteiger partial charge is 0.255 e. The van der Waals surface area contributed by atoms with Gasteiger partial charge in [-0.2, -0.15) is 0 Å². The minimum atomic E-state index is -0.0400. The molecule has 0 fully saturated rings. The van der Waals surface area contributed by atoms with Gasteiger partial charge >= 0.3 is 0 Å². The van der Waals surface area contributed by atoms with E-state index in [2.05, 4.69) is 32.6 Å². The van der Waals surface area contributed by atoms with Gasteiger partial charge in [-0.25, -0.2) is 0 Å². The van der Waals surface area contributed by atoms with Gasteiger partial charge in [-0.1, -0.05) is 34.1 Å². The summed E-state index contributed by atoms with van der Waals surface area (Å²) in [6, 6.07) is 13.6. The molecule has 0 atom stereocenters. The van der Waals surface area contributed by atoms with Crippen LogP contribution in [0.15, 0.2) is 46.9 Å². The first-order chi connectivity index (χ1) is 9.74. The second-order valence-electron chi connectivity index (χ2n) is 4.83. The summed E-state index contributed by atoms with van der Waals surface area (Å²) in [5, 5.41) is 6.29. The fraction of sp³-hybridized carbons (Fsp3) is 0.188. The van der Waals surface area contributed by atoms with Crippen LogP contribution < -0.4 is 10.6 Å². The molecule has 1 aliphatic rings. The Morgan fingerprint density at radius 3 is 2.90 bits per heavy atom. The predicted molar refractivity (Wildman–Crippen MR) is 83.9 cm³/mol. The standard InChI is InChI=1S/C16H15BrN2O/c17-12-4-2-5-13(9-12)19-16(20)15-6-1-3-11-10-18-8-7-14(11)15/h1-6,9,18H,7-8,10H2,(H,19,20). The Hall–Kier alpha value is -1.65. The summed E-state index contributed by atoms with van der Waals surface area (Å²) in [4.78, 5) is 12.5.